The summed E-state index contributed by atoms with van der Waals surface area (Å²) in [6.07, 6.45) is -4.57. The van der Waals surface area contributed by atoms with Crippen molar-refractivity contribution in [3.8, 4) is 29.2 Å². The molecule has 2 aromatic rings. The molecular weight excluding hydrogens is 461 g/mol. The second kappa shape index (κ2) is 11.8. The number of aliphatic carboxylic acids is 1. The highest BCUT2D eigenvalue weighted by molar-refractivity contribution is 5.75. The first-order valence-electron chi connectivity index (χ1n) is 9.25. The monoisotopic (exact) mass is 486 g/mol. The molecule has 2 heterocycles. The van der Waals surface area contributed by atoms with Gasteiger partial charge in [-0.1, -0.05) is 7.43 Å². The lowest BCUT2D eigenvalue weighted by atomic mass is 9.98. The number of alkyl halides is 3. The lowest BCUT2D eigenvalue weighted by molar-refractivity contribution is -0.192. The van der Waals surface area contributed by atoms with Gasteiger partial charge in [-0.05, 0) is 6.07 Å². The van der Waals surface area contributed by atoms with Gasteiger partial charge >= 0.3 is 12.1 Å². The van der Waals surface area contributed by atoms with Crippen LogP contribution in [-0.2, 0) is 16.0 Å². The first kappa shape index (κ1) is 28.1. The quantitative estimate of drug-likeness (QED) is 0.441. The number of rotatable bonds is 6. The molecule has 186 valence electrons. The predicted octanol–water partition coefficient (Wildman–Crippen LogP) is 3.58. The molecule has 1 aliphatic heterocycles. The molecule has 0 atom stereocenters. The van der Waals surface area contributed by atoms with Crippen molar-refractivity contribution in [3.63, 3.8) is 0 Å². The minimum atomic E-state index is -5.08. The second-order valence-electron chi connectivity index (χ2n) is 6.46. The van der Waals surface area contributed by atoms with E-state index in [4.69, 9.17) is 34.6 Å². The van der Waals surface area contributed by atoms with Crippen molar-refractivity contribution in [2.45, 2.75) is 20.0 Å². The van der Waals surface area contributed by atoms with E-state index < -0.39 is 12.1 Å². The number of halogens is 3. The normalized spacial score (nSPS) is 11.2. The van der Waals surface area contributed by atoms with Gasteiger partial charge in [-0.15, -0.1) is 0 Å². The zero-order valence-corrected chi connectivity index (χ0v) is 17.9. The number of fused-ring (bicyclic) bond motifs is 2. The number of nitrogens with zero attached hydrogens (tertiary/aromatic N) is 2. The summed E-state index contributed by atoms with van der Waals surface area (Å²) in [5, 5.41) is 19.8. The number of methoxy groups -OCH3 is 3. The van der Waals surface area contributed by atoms with E-state index in [1.807, 2.05) is 6.07 Å². The summed E-state index contributed by atoms with van der Waals surface area (Å²) in [7, 11) is 4.76. The Bertz CT molecular complexity index is 1070. The van der Waals surface area contributed by atoms with Crippen LogP contribution in [0.15, 0.2) is 12.1 Å². The highest BCUT2D eigenvalue weighted by Crippen LogP contribution is 2.45. The molecular formula is C21H25F3N4O6. The summed E-state index contributed by atoms with van der Waals surface area (Å²) in [4.78, 5) is 13.2. The van der Waals surface area contributed by atoms with Gasteiger partial charge in [-0.3, -0.25) is 0 Å². The number of carboxylic acid groups (broad SMARTS) is 1. The molecule has 0 saturated carbocycles. The van der Waals surface area contributed by atoms with Gasteiger partial charge in [0.25, 0.3) is 0 Å². The number of carbonyl (C=O) groups is 1. The Balaban J connectivity index is 0.000000633. The van der Waals surface area contributed by atoms with Crippen LogP contribution in [0.4, 0.5) is 24.7 Å². The van der Waals surface area contributed by atoms with Crippen LogP contribution >= 0.6 is 0 Å². The highest BCUT2D eigenvalue weighted by Gasteiger charge is 2.38. The maximum Gasteiger partial charge on any atom is 0.490 e. The predicted molar refractivity (Wildman–Crippen MR) is 117 cm³/mol. The van der Waals surface area contributed by atoms with Gasteiger partial charge in [0, 0.05) is 37.3 Å². The molecule has 1 aromatic carbocycles. The summed E-state index contributed by atoms with van der Waals surface area (Å²) in [5.41, 5.74) is 8.54. The SMILES string of the molecule is C.COCCNc1c(C#N)c(N)nc2c1Cc1cc(OC)c(OC)cc1O2.O=C(O)C(F)(F)F. The van der Waals surface area contributed by atoms with Crippen molar-refractivity contribution in [1.82, 2.24) is 4.98 Å². The average Bonchev–Trinajstić information content (AvgIpc) is 2.76. The van der Waals surface area contributed by atoms with Crippen LogP contribution in [-0.4, -0.2) is 56.7 Å². The van der Waals surface area contributed by atoms with Gasteiger partial charge in [-0.25, -0.2) is 4.79 Å². The molecule has 0 amide bonds. The third kappa shape index (κ3) is 6.32. The van der Waals surface area contributed by atoms with Crippen LogP contribution < -0.4 is 25.3 Å². The maximum atomic E-state index is 10.6. The van der Waals surface area contributed by atoms with E-state index in [1.165, 1.54) is 0 Å². The fraction of sp³-hybridized carbons (Fsp3) is 0.381. The molecule has 4 N–H and O–H groups in total. The first-order chi connectivity index (χ1) is 15.6. The number of hydrogen-bond acceptors (Lipinski definition) is 9. The molecule has 0 fully saturated rings. The van der Waals surface area contributed by atoms with Gasteiger partial charge in [0.1, 0.15) is 23.2 Å². The smallest absolute Gasteiger partial charge is 0.490 e. The molecule has 0 bridgehead atoms. The van der Waals surface area contributed by atoms with Gasteiger partial charge in [0.15, 0.2) is 11.5 Å². The number of anilines is 2. The molecule has 1 aromatic heterocycles. The molecule has 3 rings (SSSR count). The van der Waals surface area contributed by atoms with E-state index in [1.54, 1.807) is 27.4 Å². The van der Waals surface area contributed by atoms with Gasteiger partial charge < -0.3 is 35.1 Å². The third-order valence-corrected chi connectivity index (χ3v) is 4.39. The maximum absolute atomic E-state index is 10.6. The van der Waals surface area contributed by atoms with Crippen LogP contribution in [0.5, 0.6) is 23.1 Å². The van der Waals surface area contributed by atoms with E-state index in [0.29, 0.717) is 54.0 Å². The fourth-order valence-electron chi connectivity index (χ4n) is 2.88. The Kier molecular flexibility index (Phi) is 9.76. The van der Waals surface area contributed by atoms with Crippen molar-refractivity contribution in [3.05, 3.63) is 28.8 Å². The summed E-state index contributed by atoms with van der Waals surface area (Å²) < 4.78 is 53.4. The molecule has 13 heteroatoms. The standard InChI is InChI=1S/C18H20N4O4.C2HF3O2.CH4/c1-23-5-4-21-16-11-6-10-7-14(24-2)15(25-3)8-13(10)26-18(11)22-17(20)12(16)9-19;3-2(4,5)1(6)7;/h7-8H,4-6H2,1-3H3,(H3,20,21,22);(H,6,7);1H4. The number of hydrogen-bond donors (Lipinski definition) is 3. The van der Waals surface area contributed by atoms with E-state index in [-0.39, 0.29) is 13.2 Å². The number of nitrogens with two attached hydrogens (primary N) is 1. The molecule has 0 spiro atoms. The van der Waals surface area contributed by atoms with Crippen molar-refractivity contribution in [1.29, 1.82) is 5.26 Å². The van der Waals surface area contributed by atoms with Crippen molar-refractivity contribution in [2.75, 3.05) is 45.5 Å². The number of pyridine rings is 1. The summed E-state index contributed by atoms with van der Waals surface area (Å²) >= 11 is 0. The van der Waals surface area contributed by atoms with Gasteiger partial charge in [0.2, 0.25) is 5.88 Å². The number of aromatic nitrogens is 1. The van der Waals surface area contributed by atoms with E-state index >= 15 is 0 Å². The largest absolute Gasteiger partial charge is 0.493 e. The van der Waals surface area contributed by atoms with Gasteiger partial charge in [-0.2, -0.15) is 23.4 Å². The minimum absolute atomic E-state index is 0. The van der Waals surface area contributed by atoms with Crippen LogP contribution in [0, 0.1) is 11.3 Å². The number of carboxylic acids is 1. The number of ether oxygens (including phenoxy) is 4. The molecule has 0 aliphatic carbocycles. The molecule has 10 nitrogen and oxygen atoms in total. The highest BCUT2D eigenvalue weighted by atomic mass is 19.4. The van der Waals surface area contributed by atoms with Crippen molar-refractivity contribution < 1.29 is 42.0 Å². The van der Waals surface area contributed by atoms with Crippen LogP contribution in [0.25, 0.3) is 0 Å². The fourth-order valence-corrected chi connectivity index (χ4v) is 2.88. The molecule has 1 aliphatic rings. The molecule has 0 saturated heterocycles. The zero-order valence-electron chi connectivity index (χ0n) is 17.9. The van der Waals surface area contributed by atoms with E-state index in [9.17, 15) is 18.4 Å². The van der Waals surface area contributed by atoms with Crippen molar-refractivity contribution in [2.24, 2.45) is 0 Å². The van der Waals surface area contributed by atoms with E-state index in [2.05, 4.69) is 16.4 Å². The molecule has 0 radical (unpaired) electrons. The lowest BCUT2D eigenvalue weighted by Gasteiger charge is -2.24. The second-order valence-corrected chi connectivity index (χ2v) is 6.46. The Labute approximate surface area is 194 Å². The Morgan fingerprint density at radius 1 is 1.29 bits per heavy atom. The molecule has 34 heavy (non-hydrogen) atoms. The average molecular weight is 486 g/mol. The third-order valence-electron chi connectivity index (χ3n) is 4.39. The number of nitrogen functional groups attached to an aromatic ring is 1. The number of benzene rings is 1. The van der Waals surface area contributed by atoms with Crippen LogP contribution in [0.3, 0.4) is 0 Å². The zero-order chi connectivity index (χ0) is 24.8. The summed E-state index contributed by atoms with van der Waals surface area (Å²) in [6.45, 7) is 1.02. The summed E-state index contributed by atoms with van der Waals surface area (Å²) in [5.74, 6) is -0.468. The lowest BCUT2D eigenvalue weighted by Crippen LogP contribution is -2.21. The number of nitriles is 1. The Morgan fingerprint density at radius 2 is 1.88 bits per heavy atom. The summed E-state index contributed by atoms with van der Waals surface area (Å²) in [6, 6.07) is 5.73. The Morgan fingerprint density at radius 3 is 2.38 bits per heavy atom. The first-order valence-corrected chi connectivity index (χ1v) is 9.25. The van der Waals surface area contributed by atoms with Crippen LogP contribution in [0.1, 0.15) is 24.1 Å². The molecule has 0 unspecified atom stereocenters. The van der Waals surface area contributed by atoms with Gasteiger partial charge in [0.05, 0.1) is 26.5 Å². The van der Waals surface area contributed by atoms with Crippen LogP contribution in [0.2, 0.25) is 0 Å². The topological polar surface area (TPSA) is 149 Å². The van der Waals surface area contributed by atoms with E-state index in [0.717, 1.165) is 11.1 Å². The Hall–Kier alpha value is -3.92. The number of nitrogens with one attached hydrogen (secondary N) is 1. The minimum Gasteiger partial charge on any atom is -0.493 e. The van der Waals surface area contributed by atoms with Crippen molar-refractivity contribution >= 4 is 17.5 Å².